The first kappa shape index (κ1) is 11.4. The first-order valence-electron chi connectivity index (χ1n) is 5.01. The molecule has 0 aliphatic heterocycles. The monoisotopic (exact) mass is 208 g/mol. The third-order valence-electron chi connectivity index (χ3n) is 1.76. The molecule has 1 heterocycles. The van der Waals surface area contributed by atoms with Crippen LogP contribution in [0.3, 0.4) is 0 Å². The first-order valence-corrected chi connectivity index (χ1v) is 5.01. The molecule has 0 aromatic carbocycles. The topological polar surface area (TPSA) is 66.9 Å². The number of amides is 1. The van der Waals surface area contributed by atoms with Crippen molar-refractivity contribution >= 4 is 11.9 Å². The van der Waals surface area contributed by atoms with Gasteiger partial charge in [0.05, 0.1) is 6.54 Å². The standard InChI is InChI=1S/C10H16N4O/c1-3-4-11-9(15)7-14-10-12-5-8(2)6-13-10/h5-6H,3-4,7H2,1-2H3,(H,11,15)(H,12,13,14). The van der Waals surface area contributed by atoms with Gasteiger partial charge in [0.25, 0.3) is 0 Å². The van der Waals surface area contributed by atoms with Gasteiger partial charge in [-0.25, -0.2) is 9.97 Å². The van der Waals surface area contributed by atoms with E-state index in [0.717, 1.165) is 12.0 Å². The molecular weight excluding hydrogens is 192 g/mol. The highest BCUT2D eigenvalue weighted by Crippen LogP contribution is 1.97. The second-order valence-electron chi connectivity index (χ2n) is 3.29. The van der Waals surface area contributed by atoms with E-state index in [-0.39, 0.29) is 12.5 Å². The predicted octanol–water partition coefficient (Wildman–Crippen LogP) is 0.723. The van der Waals surface area contributed by atoms with Gasteiger partial charge in [0.1, 0.15) is 0 Å². The summed E-state index contributed by atoms with van der Waals surface area (Å²) in [5, 5.41) is 5.60. The van der Waals surface area contributed by atoms with Crippen LogP contribution < -0.4 is 10.6 Å². The van der Waals surface area contributed by atoms with Crippen LogP contribution in [0.1, 0.15) is 18.9 Å². The van der Waals surface area contributed by atoms with E-state index >= 15 is 0 Å². The molecule has 5 heteroatoms. The van der Waals surface area contributed by atoms with Gasteiger partial charge in [-0.3, -0.25) is 4.79 Å². The van der Waals surface area contributed by atoms with Crippen molar-refractivity contribution in [2.24, 2.45) is 0 Å². The van der Waals surface area contributed by atoms with Crippen LogP contribution in [0, 0.1) is 6.92 Å². The lowest BCUT2D eigenvalue weighted by Crippen LogP contribution is -2.30. The maximum Gasteiger partial charge on any atom is 0.239 e. The van der Waals surface area contributed by atoms with E-state index in [9.17, 15) is 4.79 Å². The van der Waals surface area contributed by atoms with Crippen LogP contribution in [-0.2, 0) is 4.79 Å². The van der Waals surface area contributed by atoms with Crippen molar-refractivity contribution in [3.05, 3.63) is 18.0 Å². The first-order chi connectivity index (χ1) is 7.22. The normalized spacial score (nSPS) is 9.73. The number of nitrogens with one attached hydrogen (secondary N) is 2. The highest BCUT2D eigenvalue weighted by Gasteiger charge is 2.00. The maximum atomic E-state index is 11.2. The molecule has 0 saturated heterocycles. The van der Waals surface area contributed by atoms with E-state index in [1.165, 1.54) is 0 Å². The molecule has 0 unspecified atom stereocenters. The molecule has 5 nitrogen and oxygen atoms in total. The minimum Gasteiger partial charge on any atom is -0.355 e. The quantitative estimate of drug-likeness (QED) is 0.748. The molecule has 1 aromatic rings. The van der Waals surface area contributed by atoms with Crippen LogP contribution in [0.15, 0.2) is 12.4 Å². The Bertz CT molecular complexity index is 310. The van der Waals surface area contributed by atoms with Crippen molar-refractivity contribution in [2.45, 2.75) is 20.3 Å². The largest absolute Gasteiger partial charge is 0.355 e. The van der Waals surface area contributed by atoms with E-state index in [1.807, 2.05) is 13.8 Å². The lowest BCUT2D eigenvalue weighted by molar-refractivity contribution is -0.119. The smallest absolute Gasteiger partial charge is 0.239 e. The Morgan fingerprint density at radius 3 is 2.67 bits per heavy atom. The molecule has 0 saturated carbocycles. The van der Waals surface area contributed by atoms with Gasteiger partial charge in [-0.05, 0) is 18.9 Å². The Balaban J connectivity index is 2.30. The summed E-state index contributed by atoms with van der Waals surface area (Å²) in [7, 11) is 0. The number of carbonyl (C=O) groups excluding carboxylic acids is 1. The van der Waals surface area contributed by atoms with Crippen molar-refractivity contribution in [1.82, 2.24) is 15.3 Å². The lowest BCUT2D eigenvalue weighted by atomic mass is 10.4. The third kappa shape index (κ3) is 4.39. The van der Waals surface area contributed by atoms with Crippen molar-refractivity contribution < 1.29 is 4.79 Å². The molecule has 0 spiro atoms. The zero-order chi connectivity index (χ0) is 11.1. The summed E-state index contributed by atoms with van der Waals surface area (Å²) in [5.41, 5.74) is 0.996. The molecule has 0 aliphatic rings. The Morgan fingerprint density at radius 1 is 1.40 bits per heavy atom. The van der Waals surface area contributed by atoms with Crippen LogP contribution in [0.25, 0.3) is 0 Å². The van der Waals surface area contributed by atoms with E-state index in [4.69, 9.17) is 0 Å². The minimum atomic E-state index is -0.0407. The molecule has 0 bridgehead atoms. The minimum absolute atomic E-state index is 0.0407. The summed E-state index contributed by atoms with van der Waals surface area (Å²) in [4.78, 5) is 19.3. The van der Waals surface area contributed by atoms with Crippen LogP contribution in [0.5, 0.6) is 0 Å². The summed E-state index contributed by atoms with van der Waals surface area (Å²) < 4.78 is 0. The van der Waals surface area contributed by atoms with Crippen molar-refractivity contribution in [1.29, 1.82) is 0 Å². The van der Waals surface area contributed by atoms with Gasteiger partial charge in [0.15, 0.2) is 0 Å². The summed E-state index contributed by atoms with van der Waals surface area (Å²) in [6, 6.07) is 0. The lowest BCUT2D eigenvalue weighted by Gasteiger charge is -2.05. The van der Waals surface area contributed by atoms with Crippen molar-refractivity contribution in [3.63, 3.8) is 0 Å². The van der Waals surface area contributed by atoms with Gasteiger partial charge >= 0.3 is 0 Å². The number of anilines is 1. The molecule has 1 aromatic heterocycles. The second kappa shape index (κ2) is 5.95. The van der Waals surface area contributed by atoms with Crippen LogP contribution in [-0.4, -0.2) is 29.0 Å². The predicted molar refractivity (Wildman–Crippen MR) is 58.6 cm³/mol. The average Bonchev–Trinajstić information content (AvgIpc) is 2.25. The SMILES string of the molecule is CCCNC(=O)CNc1ncc(C)cn1. The van der Waals surface area contributed by atoms with Crippen LogP contribution >= 0.6 is 0 Å². The molecule has 82 valence electrons. The number of aromatic nitrogens is 2. The van der Waals surface area contributed by atoms with Gasteiger partial charge in [-0.15, -0.1) is 0 Å². The molecule has 1 amide bonds. The Hall–Kier alpha value is -1.65. The van der Waals surface area contributed by atoms with Gasteiger partial charge in [-0.2, -0.15) is 0 Å². The third-order valence-corrected chi connectivity index (χ3v) is 1.76. The number of hydrogen-bond acceptors (Lipinski definition) is 4. The Kier molecular flexibility index (Phi) is 4.53. The Morgan fingerprint density at radius 2 is 2.07 bits per heavy atom. The molecule has 0 atom stereocenters. The second-order valence-corrected chi connectivity index (χ2v) is 3.29. The van der Waals surface area contributed by atoms with Gasteiger partial charge in [0, 0.05) is 18.9 Å². The molecule has 0 aliphatic carbocycles. The van der Waals surface area contributed by atoms with Gasteiger partial charge in [-0.1, -0.05) is 6.92 Å². The van der Waals surface area contributed by atoms with Crippen LogP contribution in [0.2, 0.25) is 0 Å². The number of carbonyl (C=O) groups is 1. The van der Waals surface area contributed by atoms with E-state index < -0.39 is 0 Å². The zero-order valence-electron chi connectivity index (χ0n) is 9.08. The summed E-state index contributed by atoms with van der Waals surface area (Å²) >= 11 is 0. The fourth-order valence-electron chi connectivity index (χ4n) is 0.970. The number of aryl methyl sites for hydroxylation is 1. The van der Waals surface area contributed by atoms with Crippen LogP contribution in [0.4, 0.5) is 5.95 Å². The summed E-state index contributed by atoms with van der Waals surface area (Å²) in [5.74, 6) is 0.438. The van der Waals surface area contributed by atoms with Crippen molar-refractivity contribution in [3.8, 4) is 0 Å². The summed E-state index contributed by atoms with van der Waals surface area (Å²) in [6.07, 6.45) is 4.35. The molecule has 0 fully saturated rings. The summed E-state index contributed by atoms with van der Waals surface area (Å²) in [6.45, 7) is 4.84. The van der Waals surface area contributed by atoms with E-state index in [1.54, 1.807) is 12.4 Å². The molecule has 0 radical (unpaired) electrons. The van der Waals surface area contributed by atoms with E-state index in [2.05, 4.69) is 20.6 Å². The highest BCUT2D eigenvalue weighted by molar-refractivity contribution is 5.80. The highest BCUT2D eigenvalue weighted by atomic mass is 16.1. The molecule has 2 N–H and O–H groups in total. The molecular formula is C10H16N4O. The molecule has 1 rings (SSSR count). The van der Waals surface area contributed by atoms with E-state index in [0.29, 0.717) is 12.5 Å². The van der Waals surface area contributed by atoms with Crippen molar-refractivity contribution in [2.75, 3.05) is 18.4 Å². The number of rotatable bonds is 5. The zero-order valence-corrected chi connectivity index (χ0v) is 9.08. The fourth-order valence-corrected chi connectivity index (χ4v) is 0.970. The Labute approximate surface area is 89.3 Å². The molecule has 15 heavy (non-hydrogen) atoms. The number of hydrogen-bond donors (Lipinski definition) is 2. The number of nitrogens with zero attached hydrogens (tertiary/aromatic N) is 2. The van der Waals surface area contributed by atoms with Gasteiger partial charge in [0.2, 0.25) is 11.9 Å². The van der Waals surface area contributed by atoms with Gasteiger partial charge < -0.3 is 10.6 Å². The average molecular weight is 208 g/mol. The maximum absolute atomic E-state index is 11.2. The fraction of sp³-hybridized carbons (Fsp3) is 0.500.